The third kappa shape index (κ3) is 2.64. The van der Waals surface area contributed by atoms with E-state index < -0.39 is 23.7 Å². The van der Waals surface area contributed by atoms with Crippen molar-refractivity contribution in [1.29, 1.82) is 0 Å². The topological polar surface area (TPSA) is 98.2 Å². The third-order valence-corrected chi connectivity index (χ3v) is 4.22. The highest BCUT2D eigenvalue weighted by molar-refractivity contribution is 5.97. The lowest BCUT2D eigenvalue weighted by Crippen LogP contribution is -2.39. The Morgan fingerprint density at radius 1 is 1.30 bits per heavy atom. The molecule has 1 aliphatic carbocycles. The highest BCUT2D eigenvalue weighted by Gasteiger charge is 2.49. The van der Waals surface area contributed by atoms with Gasteiger partial charge in [-0.3, -0.25) is 9.59 Å². The Kier molecular flexibility index (Phi) is 3.75. The molecular formula is C15H15F2N3O3. The molecule has 0 radical (unpaired) electrons. The van der Waals surface area contributed by atoms with Crippen LogP contribution in [-0.2, 0) is 4.79 Å². The summed E-state index contributed by atoms with van der Waals surface area (Å²) in [6.07, 6.45) is -1.13. The van der Waals surface area contributed by atoms with Gasteiger partial charge in [-0.2, -0.15) is 0 Å². The van der Waals surface area contributed by atoms with Gasteiger partial charge in [-0.1, -0.05) is 12.8 Å². The molecule has 8 heteroatoms. The van der Waals surface area contributed by atoms with Crippen molar-refractivity contribution >= 4 is 28.6 Å². The molecule has 0 spiro atoms. The first-order chi connectivity index (χ1) is 10.9. The van der Waals surface area contributed by atoms with Crippen LogP contribution < -0.4 is 11.1 Å². The monoisotopic (exact) mass is 323 g/mol. The molecule has 3 N–H and O–H groups in total. The van der Waals surface area contributed by atoms with Crippen molar-refractivity contribution in [3.8, 4) is 0 Å². The molecule has 0 aliphatic heterocycles. The average molecular weight is 323 g/mol. The summed E-state index contributed by atoms with van der Waals surface area (Å²) in [7, 11) is 0. The van der Waals surface area contributed by atoms with Gasteiger partial charge in [-0.05, 0) is 31.0 Å². The maximum absolute atomic E-state index is 13.4. The fourth-order valence-corrected chi connectivity index (χ4v) is 2.92. The predicted octanol–water partition coefficient (Wildman–Crippen LogP) is 2.69. The van der Waals surface area contributed by atoms with Gasteiger partial charge in [0, 0.05) is 5.69 Å². The summed E-state index contributed by atoms with van der Waals surface area (Å²) in [6, 6.07) is 4.45. The van der Waals surface area contributed by atoms with Crippen molar-refractivity contribution in [3.05, 3.63) is 24.1 Å². The van der Waals surface area contributed by atoms with Crippen molar-refractivity contribution in [3.63, 3.8) is 0 Å². The van der Waals surface area contributed by atoms with E-state index in [0.717, 1.165) is 0 Å². The number of nitrogens with zero attached hydrogens (tertiary/aromatic N) is 1. The van der Waals surface area contributed by atoms with E-state index >= 15 is 0 Å². The fourth-order valence-electron chi connectivity index (χ4n) is 2.92. The average Bonchev–Trinajstić information content (AvgIpc) is 3.14. The second-order valence-electron chi connectivity index (χ2n) is 5.68. The summed E-state index contributed by atoms with van der Waals surface area (Å²) in [4.78, 5) is 27.2. The smallest absolute Gasteiger partial charge is 0.304 e. The number of hydrogen-bond acceptors (Lipinski definition) is 4. The van der Waals surface area contributed by atoms with Crippen LogP contribution in [-0.4, -0.2) is 23.2 Å². The molecule has 1 aliphatic rings. The van der Waals surface area contributed by atoms with Gasteiger partial charge in [0.05, 0.1) is 0 Å². The molecule has 2 aromatic rings. The molecule has 23 heavy (non-hydrogen) atoms. The first-order valence-corrected chi connectivity index (χ1v) is 7.22. The van der Waals surface area contributed by atoms with Gasteiger partial charge in [0.15, 0.2) is 5.58 Å². The Labute approximate surface area is 130 Å². The van der Waals surface area contributed by atoms with E-state index in [2.05, 4.69) is 10.3 Å². The summed E-state index contributed by atoms with van der Waals surface area (Å²) in [5.41, 5.74) is 4.41. The number of nitrogens with two attached hydrogens (primary N) is 1. The summed E-state index contributed by atoms with van der Waals surface area (Å²) in [6.45, 7) is 0. The summed E-state index contributed by atoms with van der Waals surface area (Å²) in [5.74, 6) is -1.75. The van der Waals surface area contributed by atoms with E-state index in [1.807, 2.05) is 0 Å². The van der Waals surface area contributed by atoms with Gasteiger partial charge in [-0.25, -0.2) is 13.8 Å². The molecule has 2 amide bonds. The van der Waals surface area contributed by atoms with Crippen molar-refractivity contribution in [1.82, 2.24) is 4.98 Å². The number of alkyl halides is 2. The highest BCUT2D eigenvalue weighted by atomic mass is 19.3. The van der Waals surface area contributed by atoms with E-state index in [0.29, 0.717) is 29.6 Å². The number of benzene rings is 1. The molecule has 1 aromatic carbocycles. The van der Waals surface area contributed by atoms with Gasteiger partial charge in [-0.15, -0.1) is 0 Å². The third-order valence-electron chi connectivity index (χ3n) is 4.22. The molecule has 0 unspecified atom stereocenters. The van der Waals surface area contributed by atoms with E-state index in [9.17, 15) is 18.4 Å². The predicted molar refractivity (Wildman–Crippen MR) is 78.1 cm³/mol. The van der Waals surface area contributed by atoms with Crippen LogP contribution in [0.25, 0.3) is 11.1 Å². The maximum atomic E-state index is 13.4. The zero-order chi connectivity index (χ0) is 16.6. The lowest BCUT2D eigenvalue weighted by Gasteiger charge is -2.26. The zero-order valence-corrected chi connectivity index (χ0v) is 12.1. The summed E-state index contributed by atoms with van der Waals surface area (Å²) < 4.78 is 31.8. The number of primary amides is 1. The van der Waals surface area contributed by atoms with Crippen molar-refractivity contribution in [2.24, 2.45) is 11.1 Å². The molecule has 1 saturated carbocycles. The number of amides is 2. The minimum Gasteiger partial charge on any atom is -0.432 e. The molecule has 6 nitrogen and oxygen atoms in total. The number of nitrogens with one attached hydrogen (secondary N) is 1. The Bertz CT molecular complexity index is 766. The van der Waals surface area contributed by atoms with E-state index in [4.69, 9.17) is 10.2 Å². The molecule has 0 atom stereocenters. The highest BCUT2D eigenvalue weighted by Crippen LogP contribution is 2.44. The van der Waals surface area contributed by atoms with E-state index in [-0.39, 0.29) is 18.7 Å². The van der Waals surface area contributed by atoms with Crippen LogP contribution >= 0.6 is 0 Å². The first kappa shape index (κ1) is 15.4. The lowest BCUT2D eigenvalue weighted by molar-refractivity contribution is -0.134. The van der Waals surface area contributed by atoms with Gasteiger partial charge in [0.25, 0.3) is 12.3 Å². The first-order valence-electron chi connectivity index (χ1n) is 7.22. The molecule has 3 rings (SSSR count). The second-order valence-corrected chi connectivity index (χ2v) is 5.68. The van der Waals surface area contributed by atoms with E-state index in [1.165, 1.54) is 18.2 Å². The number of oxazole rings is 1. The zero-order valence-electron chi connectivity index (χ0n) is 12.1. The maximum Gasteiger partial charge on any atom is 0.304 e. The van der Waals surface area contributed by atoms with Crippen LogP contribution in [0.4, 0.5) is 14.5 Å². The Morgan fingerprint density at radius 3 is 2.61 bits per heavy atom. The van der Waals surface area contributed by atoms with Crippen LogP contribution in [0, 0.1) is 5.41 Å². The van der Waals surface area contributed by atoms with E-state index in [1.54, 1.807) is 0 Å². The standard InChI is InChI=1S/C15H15F2N3O3/c16-13(17)15(5-1-2-6-15)14(22)19-8-3-4-10-9(7-8)20-12(23-10)11(18)21/h3-4,7,13H,1-2,5-6H2,(H2,18,21)(H,19,22). The number of carbonyl (C=O) groups is 2. The second kappa shape index (κ2) is 5.60. The number of hydrogen-bond donors (Lipinski definition) is 2. The van der Waals surface area contributed by atoms with Crippen LogP contribution in [0.2, 0.25) is 0 Å². The molecule has 1 fully saturated rings. The van der Waals surface area contributed by atoms with Crippen molar-refractivity contribution in [2.75, 3.05) is 5.32 Å². The number of rotatable bonds is 4. The Hall–Kier alpha value is -2.51. The van der Waals surface area contributed by atoms with Gasteiger partial charge < -0.3 is 15.5 Å². The number of fused-ring (bicyclic) bond motifs is 1. The van der Waals surface area contributed by atoms with Crippen molar-refractivity contribution in [2.45, 2.75) is 32.1 Å². The van der Waals surface area contributed by atoms with Crippen LogP contribution in [0.15, 0.2) is 22.6 Å². The summed E-state index contributed by atoms with van der Waals surface area (Å²) in [5, 5.41) is 2.52. The normalized spacial score (nSPS) is 16.8. The molecule has 1 aromatic heterocycles. The number of halogens is 2. The fraction of sp³-hybridized carbons (Fsp3) is 0.400. The van der Waals surface area contributed by atoms with Gasteiger partial charge in [0.2, 0.25) is 5.91 Å². The SMILES string of the molecule is NC(=O)c1nc2cc(NC(=O)C3(C(F)F)CCCC3)ccc2o1. The largest absolute Gasteiger partial charge is 0.432 e. The Balaban J connectivity index is 1.86. The number of carbonyl (C=O) groups excluding carboxylic acids is 2. The van der Waals surface area contributed by atoms with Gasteiger partial charge in [0.1, 0.15) is 10.9 Å². The van der Waals surface area contributed by atoms with Gasteiger partial charge >= 0.3 is 5.91 Å². The molecule has 0 bridgehead atoms. The quantitative estimate of drug-likeness (QED) is 0.903. The van der Waals surface area contributed by atoms with Crippen LogP contribution in [0.5, 0.6) is 0 Å². The molecule has 0 saturated heterocycles. The molecular weight excluding hydrogens is 308 g/mol. The molecule has 1 heterocycles. The summed E-state index contributed by atoms with van der Waals surface area (Å²) >= 11 is 0. The number of aromatic nitrogens is 1. The minimum atomic E-state index is -2.71. The number of anilines is 1. The van der Waals surface area contributed by atoms with Crippen LogP contribution in [0.3, 0.4) is 0 Å². The Morgan fingerprint density at radius 2 is 2.00 bits per heavy atom. The van der Waals surface area contributed by atoms with Crippen molar-refractivity contribution < 1.29 is 22.8 Å². The minimum absolute atomic E-state index is 0.175. The van der Waals surface area contributed by atoms with Crippen LogP contribution in [0.1, 0.15) is 36.4 Å². The lowest BCUT2D eigenvalue weighted by atomic mass is 9.85. The molecule has 122 valence electrons.